The summed E-state index contributed by atoms with van der Waals surface area (Å²) in [5, 5.41) is 25.0. The fourth-order valence-electron chi connectivity index (χ4n) is 0.376. The number of rotatable bonds is 7. The van der Waals surface area contributed by atoms with Gasteiger partial charge in [0.25, 0.3) is 0 Å². The van der Waals surface area contributed by atoms with E-state index in [2.05, 4.69) is 4.74 Å². The summed E-state index contributed by atoms with van der Waals surface area (Å²) in [7, 11) is 1.58. The molecule has 0 rings (SSSR count). The molecule has 7 heteroatoms. The van der Waals surface area contributed by atoms with Crippen LogP contribution in [-0.4, -0.2) is 67.7 Å². The third kappa shape index (κ3) is 11.6. The summed E-state index contributed by atoms with van der Waals surface area (Å²) in [6, 6.07) is 0. The van der Waals surface area contributed by atoms with Gasteiger partial charge in [0.1, 0.15) is 6.79 Å². The maximum absolute atomic E-state index is 8.34. The Morgan fingerprint density at radius 3 is 1.80 bits per heavy atom. The predicted molar refractivity (Wildman–Crippen MR) is 55.1 cm³/mol. The summed E-state index contributed by atoms with van der Waals surface area (Å²) in [5.41, 5.74) is 9.03. The van der Waals surface area contributed by atoms with Gasteiger partial charge in [-0.1, -0.05) is 0 Å². The Labute approximate surface area is 89.6 Å². The number of hydrogen-bond acceptors (Lipinski definition) is 7. The van der Waals surface area contributed by atoms with Crippen LogP contribution in [0.15, 0.2) is 0 Å². The van der Waals surface area contributed by atoms with Crippen molar-refractivity contribution in [3.8, 4) is 0 Å². The SMILES string of the molecule is COCOCCN.NC(CO)(CO)CO. The summed E-state index contributed by atoms with van der Waals surface area (Å²) < 4.78 is 9.35. The van der Waals surface area contributed by atoms with Gasteiger partial charge in [-0.15, -0.1) is 0 Å². The normalized spacial score (nSPS) is 10.8. The van der Waals surface area contributed by atoms with Crippen LogP contribution in [0.3, 0.4) is 0 Å². The van der Waals surface area contributed by atoms with Crippen molar-refractivity contribution in [3.63, 3.8) is 0 Å². The zero-order valence-electron chi connectivity index (χ0n) is 9.06. The van der Waals surface area contributed by atoms with E-state index in [4.69, 9.17) is 31.5 Å². The molecule has 0 aliphatic carbocycles. The highest BCUT2D eigenvalue weighted by Crippen LogP contribution is 1.93. The first-order valence-electron chi connectivity index (χ1n) is 4.48. The Morgan fingerprint density at radius 1 is 1.13 bits per heavy atom. The molecule has 0 amide bonds. The molecule has 0 aliphatic heterocycles. The van der Waals surface area contributed by atoms with E-state index >= 15 is 0 Å². The zero-order chi connectivity index (χ0) is 12.2. The lowest BCUT2D eigenvalue weighted by Gasteiger charge is -2.20. The molecule has 94 valence electrons. The highest BCUT2D eigenvalue weighted by molar-refractivity contribution is 4.80. The fraction of sp³-hybridized carbons (Fsp3) is 1.00. The van der Waals surface area contributed by atoms with Crippen molar-refractivity contribution >= 4 is 0 Å². The van der Waals surface area contributed by atoms with E-state index < -0.39 is 25.4 Å². The lowest BCUT2D eigenvalue weighted by molar-refractivity contribution is -0.0271. The first-order chi connectivity index (χ1) is 7.10. The molecule has 0 spiro atoms. The van der Waals surface area contributed by atoms with E-state index in [-0.39, 0.29) is 0 Å². The summed E-state index contributed by atoms with van der Waals surface area (Å²) in [4.78, 5) is 0. The number of aliphatic hydroxyl groups is 3. The van der Waals surface area contributed by atoms with Gasteiger partial charge in [-0.05, 0) is 0 Å². The minimum atomic E-state index is -1.21. The Kier molecular flexibility index (Phi) is 13.5. The molecule has 0 aromatic heterocycles. The summed E-state index contributed by atoms with van der Waals surface area (Å²) >= 11 is 0. The van der Waals surface area contributed by atoms with Crippen molar-refractivity contribution in [3.05, 3.63) is 0 Å². The van der Waals surface area contributed by atoms with Crippen LogP contribution in [0.1, 0.15) is 0 Å². The molecule has 0 saturated carbocycles. The van der Waals surface area contributed by atoms with Gasteiger partial charge in [0.2, 0.25) is 0 Å². The minimum Gasteiger partial charge on any atom is -0.394 e. The molecular formula is C8H22N2O5. The molecule has 7 N–H and O–H groups in total. The van der Waals surface area contributed by atoms with E-state index in [0.717, 1.165) is 0 Å². The molecule has 15 heavy (non-hydrogen) atoms. The largest absolute Gasteiger partial charge is 0.394 e. The third-order valence-corrected chi connectivity index (χ3v) is 1.41. The maximum atomic E-state index is 8.34. The van der Waals surface area contributed by atoms with Crippen LogP contribution in [-0.2, 0) is 9.47 Å². The molecule has 0 aliphatic rings. The third-order valence-electron chi connectivity index (χ3n) is 1.41. The van der Waals surface area contributed by atoms with E-state index in [9.17, 15) is 0 Å². The van der Waals surface area contributed by atoms with Crippen molar-refractivity contribution in [2.45, 2.75) is 5.54 Å². The second-order valence-corrected chi connectivity index (χ2v) is 2.94. The Bertz CT molecular complexity index is 109. The molecule has 0 heterocycles. The van der Waals surface area contributed by atoms with Gasteiger partial charge < -0.3 is 36.3 Å². The number of nitrogens with two attached hydrogens (primary N) is 2. The second kappa shape index (κ2) is 11.8. The van der Waals surface area contributed by atoms with Crippen LogP contribution in [0.4, 0.5) is 0 Å². The molecule has 0 bridgehead atoms. The van der Waals surface area contributed by atoms with Crippen molar-refractivity contribution in [1.29, 1.82) is 0 Å². The van der Waals surface area contributed by atoms with Crippen LogP contribution in [0.2, 0.25) is 0 Å². The Morgan fingerprint density at radius 2 is 1.60 bits per heavy atom. The lowest BCUT2D eigenvalue weighted by atomic mass is 10.1. The van der Waals surface area contributed by atoms with Crippen LogP contribution in [0.5, 0.6) is 0 Å². The van der Waals surface area contributed by atoms with E-state index in [0.29, 0.717) is 19.9 Å². The average Bonchev–Trinajstić information content (AvgIpc) is 2.30. The van der Waals surface area contributed by atoms with Crippen molar-refractivity contribution in [2.24, 2.45) is 11.5 Å². The topological polar surface area (TPSA) is 131 Å². The quantitative estimate of drug-likeness (QED) is 0.234. The fourth-order valence-corrected chi connectivity index (χ4v) is 0.376. The molecule has 0 radical (unpaired) electrons. The van der Waals surface area contributed by atoms with Gasteiger partial charge in [0.15, 0.2) is 0 Å². The minimum absolute atomic E-state index is 0.344. The van der Waals surface area contributed by atoms with Gasteiger partial charge >= 0.3 is 0 Å². The number of ether oxygens (including phenoxy) is 2. The Balaban J connectivity index is 0. The molecule has 0 fully saturated rings. The van der Waals surface area contributed by atoms with Gasteiger partial charge in [-0.2, -0.15) is 0 Å². The van der Waals surface area contributed by atoms with Crippen molar-refractivity contribution in [2.75, 3.05) is 46.9 Å². The molecule has 0 aromatic rings. The second-order valence-electron chi connectivity index (χ2n) is 2.94. The molecule has 7 nitrogen and oxygen atoms in total. The van der Waals surface area contributed by atoms with Crippen LogP contribution >= 0.6 is 0 Å². The highest BCUT2D eigenvalue weighted by atomic mass is 16.7. The van der Waals surface area contributed by atoms with Crippen molar-refractivity contribution in [1.82, 2.24) is 0 Å². The van der Waals surface area contributed by atoms with E-state index in [1.807, 2.05) is 0 Å². The molecule has 0 aromatic carbocycles. The first kappa shape index (κ1) is 17.1. The van der Waals surface area contributed by atoms with E-state index in [1.54, 1.807) is 7.11 Å². The highest BCUT2D eigenvalue weighted by Gasteiger charge is 2.20. The predicted octanol–water partition coefficient (Wildman–Crippen LogP) is -2.77. The van der Waals surface area contributed by atoms with Crippen LogP contribution in [0.25, 0.3) is 0 Å². The van der Waals surface area contributed by atoms with Crippen LogP contribution < -0.4 is 11.5 Å². The van der Waals surface area contributed by atoms with Gasteiger partial charge in [0, 0.05) is 13.7 Å². The Hall–Kier alpha value is -0.280. The maximum Gasteiger partial charge on any atom is 0.146 e. The standard InChI is InChI=1S/C4H11NO3.C4H11NO2/c5-4(1-6,2-7)3-8;1-6-4-7-3-2-5/h6-8H,1-3,5H2;2-5H2,1H3. The monoisotopic (exact) mass is 226 g/mol. The lowest BCUT2D eigenvalue weighted by Crippen LogP contribution is -2.50. The van der Waals surface area contributed by atoms with Crippen molar-refractivity contribution < 1.29 is 24.8 Å². The first-order valence-corrected chi connectivity index (χ1v) is 4.48. The molecule has 0 saturated heterocycles. The number of hydrogen-bond donors (Lipinski definition) is 5. The van der Waals surface area contributed by atoms with Gasteiger partial charge in [-0.3, -0.25) is 0 Å². The molecule has 0 atom stereocenters. The summed E-state index contributed by atoms with van der Waals surface area (Å²) in [6.07, 6.45) is 0. The van der Waals surface area contributed by atoms with Crippen LogP contribution in [0, 0.1) is 0 Å². The van der Waals surface area contributed by atoms with Gasteiger partial charge in [-0.25, -0.2) is 0 Å². The number of methoxy groups -OCH3 is 1. The summed E-state index contributed by atoms with van der Waals surface area (Å²) in [6.45, 7) is 0.272. The smallest absolute Gasteiger partial charge is 0.146 e. The number of aliphatic hydroxyl groups excluding tert-OH is 3. The van der Waals surface area contributed by atoms with E-state index in [1.165, 1.54) is 0 Å². The summed E-state index contributed by atoms with van der Waals surface area (Å²) in [5.74, 6) is 0. The van der Waals surface area contributed by atoms with Gasteiger partial charge in [0.05, 0.1) is 32.0 Å². The average molecular weight is 226 g/mol. The molecular weight excluding hydrogens is 204 g/mol. The zero-order valence-corrected chi connectivity index (χ0v) is 9.06. The molecule has 0 unspecified atom stereocenters.